The van der Waals surface area contributed by atoms with E-state index in [9.17, 15) is 0 Å². The molecule has 0 atom stereocenters. The Kier molecular flexibility index (Phi) is 25.1. The van der Waals surface area contributed by atoms with Gasteiger partial charge in [-0.2, -0.15) is 0 Å². The van der Waals surface area contributed by atoms with Crippen LogP contribution >= 0.6 is 0 Å². The minimum atomic E-state index is 0.181. The van der Waals surface area contributed by atoms with Gasteiger partial charge >= 0.3 is 0 Å². The van der Waals surface area contributed by atoms with Crippen molar-refractivity contribution < 1.29 is 14.7 Å². The van der Waals surface area contributed by atoms with Gasteiger partial charge in [0.15, 0.2) is 0 Å². The number of para-hydroxylation sites is 1. The number of aromatic nitrogens is 1. The van der Waals surface area contributed by atoms with Gasteiger partial charge < -0.3 is 15.0 Å². The summed E-state index contributed by atoms with van der Waals surface area (Å²) >= 11 is 0. The Hall–Kier alpha value is -2.93. The van der Waals surface area contributed by atoms with Crippen molar-refractivity contribution in [1.29, 1.82) is 0 Å². The number of ether oxygens (including phenoxy) is 1. The van der Waals surface area contributed by atoms with E-state index in [1.165, 1.54) is 52.4 Å². The lowest BCUT2D eigenvalue weighted by Crippen LogP contribution is -2.18. The molecule has 1 aromatic carbocycles. The average Bonchev–Trinajstić information content (AvgIpc) is 3.32. The van der Waals surface area contributed by atoms with Gasteiger partial charge in [-0.1, -0.05) is 67.5 Å². The molecule has 1 heterocycles. The molecule has 0 radical (unpaired) electrons. The van der Waals surface area contributed by atoms with E-state index in [4.69, 9.17) is 14.7 Å². The molecule has 0 spiro atoms. The van der Waals surface area contributed by atoms with Crippen LogP contribution in [0.25, 0.3) is 10.9 Å². The number of rotatable bonds is 13. The largest absolute Gasteiger partial charge is 0.382 e. The zero-order valence-electron chi connectivity index (χ0n) is 22.2. The predicted molar refractivity (Wildman–Crippen MR) is 151 cm³/mol. The monoisotopic (exact) mass is 485 g/mol. The van der Waals surface area contributed by atoms with Crippen molar-refractivity contribution in [2.45, 2.75) is 53.4 Å². The number of unbranched alkanes of at least 4 members (excludes halogenated alkanes) is 1. The Balaban J connectivity index is 0. The summed E-state index contributed by atoms with van der Waals surface area (Å²) in [6.07, 6.45) is 13.2. The summed E-state index contributed by atoms with van der Waals surface area (Å²) < 4.78 is 5.26. The molecule has 1 aromatic heterocycles. The molecule has 0 aliphatic rings. The maximum atomic E-state index is 8.81. The van der Waals surface area contributed by atoms with Crippen LogP contribution < -0.4 is 10.8 Å². The van der Waals surface area contributed by atoms with Crippen LogP contribution in [0.4, 0.5) is 0 Å². The van der Waals surface area contributed by atoms with Gasteiger partial charge in [0, 0.05) is 36.9 Å². The summed E-state index contributed by atoms with van der Waals surface area (Å²) in [5.74, 6) is 0. The number of carbonyl (C=O) groups is 1. The molecule has 0 bridgehead atoms. The number of hydroxylamine groups is 1. The van der Waals surface area contributed by atoms with E-state index in [2.05, 4.69) is 86.5 Å². The van der Waals surface area contributed by atoms with Crippen LogP contribution in [0.3, 0.4) is 0 Å². The number of amides is 1. The number of nitrogens with one attached hydrogen (secondary N) is 3. The first-order chi connectivity index (χ1) is 17.0. The molecule has 1 amide bonds. The highest BCUT2D eigenvalue weighted by Crippen LogP contribution is 2.19. The van der Waals surface area contributed by atoms with Gasteiger partial charge in [-0.25, -0.2) is 5.48 Å². The van der Waals surface area contributed by atoms with Crippen LogP contribution in [0.15, 0.2) is 79.6 Å². The third-order valence-electron chi connectivity index (χ3n) is 4.73. The van der Waals surface area contributed by atoms with Crippen LogP contribution in [-0.4, -0.2) is 42.9 Å². The Morgan fingerprint density at radius 3 is 2.43 bits per heavy atom. The van der Waals surface area contributed by atoms with Crippen molar-refractivity contribution >= 4 is 17.3 Å². The van der Waals surface area contributed by atoms with Gasteiger partial charge in [-0.05, 0) is 58.2 Å². The molecular weight excluding hydrogens is 438 g/mol. The molecule has 0 saturated carbocycles. The minimum Gasteiger partial charge on any atom is -0.382 e. The van der Waals surface area contributed by atoms with Crippen molar-refractivity contribution in [3.05, 3.63) is 85.1 Å². The van der Waals surface area contributed by atoms with Gasteiger partial charge in [0.2, 0.25) is 6.41 Å². The summed E-state index contributed by atoms with van der Waals surface area (Å²) in [7, 11) is 0. The first kappa shape index (κ1) is 34.2. The Labute approximate surface area is 212 Å². The molecule has 0 unspecified atom stereocenters. The van der Waals surface area contributed by atoms with Crippen molar-refractivity contribution in [1.82, 2.24) is 15.8 Å². The van der Waals surface area contributed by atoms with Crippen LogP contribution in [0.2, 0.25) is 0 Å². The van der Waals surface area contributed by atoms with Gasteiger partial charge in [0.05, 0.1) is 0 Å². The quantitative estimate of drug-likeness (QED) is 0.0650. The van der Waals surface area contributed by atoms with Gasteiger partial charge in [-0.15, -0.1) is 13.2 Å². The fourth-order valence-corrected chi connectivity index (χ4v) is 2.84. The van der Waals surface area contributed by atoms with Crippen LogP contribution in [-0.2, 0) is 16.0 Å². The summed E-state index contributed by atoms with van der Waals surface area (Å²) in [5.41, 5.74) is 6.49. The summed E-state index contributed by atoms with van der Waals surface area (Å²) in [6.45, 7) is 21.7. The van der Waals surface area contributed by atoms with E-state index in [1.807, 2.05) is 19.9 Å². The number of H-pyrrole nitrogens is 1. The Bertz CT molecular complexity index is 841. The molecule has 196 valence electrons. The minimum absolute atomic E-state index is 0.181. The summed E-state index contributed by atoms with van der Waals surface area (Å²) in [6, 6.07) is 8.50. The normalized spacial score (nSPS) is 10.7. The van der Waals surface area contributed by atoms with Gasteiger partial charge in [0.1, 0.15) is 0 Å². The van der Waals surface area contributed by atoms with E-state index >= 15 is 0 Å². The van der Waals surface area contributed by atoms with Crippen molar-refractivity contribution in [3.8, 4) is 0 Å². The topological polar surface area (TPSA) is 86.4 Å². The fraction of sp³-hybridized carbons (Fsp3) is 0.414. The summed E-state index contributed by atoms with van der Waals surface area (Å²) in [5, 5.41) is 12.0. The van der Waals surface area contributed by atoms with Gasteiger partial charge in [-0.3, -0.25) is 10.0 Å². The maximum absolute atomic E-state index is 8.81. The second-order valence-corrected chi connectivity index (χ2v) is 7.57. The summed E-state index contributed by atoms with van der Waals surface area (Å²) in [4.78, 5) is 12.1. The van der Waals surface area contributed by atoms with Gasteiger partial charge in [0.25, 0.3) is 0 Å². The van der Waals surface area contributed by atoms with Crippen LogP contribution in [0.5, 0.6) is 0 Å². The number of hydrogen-bond acceptors (Lipinski definition) is 4. The molecule has 6 heteroatoms. The molecule has 0 fully saturated rings. The number of fused-ring (bicyclic) bond motifs is 1. The maximum Gasteiger partial charge on any atom is 0.230 e. The lowest BCUT2D eigenvalue weighted by atomic mass is 10.1. The van der Waals surface area contributed by atoms with E-state index in [0.29, 0.717) is 0 Å². The standard InChI is InChI=1S/C14H25NO.C12H15N.C2H4.CH3NO2/c1-5-13(3)8-9-14(4)12-15-10-7-11-16-6-2;1-2-3-6-10-9-13-12-8-5-4-7-11(10)12;1-2;3-1-2-4/h5,8-9,15H,1,6-7,10-12H2,2-4H3;4-5,7-9,13H,2-3,6H2,1H3;1-2H2;1,4H,(H,2,3)/b13-8-,14-9+;;;. The predicted octanol–water partition coefficient (Wildman–Crippen LogP) is 6.52. The molecular formula is C29H47N3O3. The van der Waals surface area contributed by atoms with Crippen LogP contribution in [0.1, 0.15) is 52.5 Å². The van der Waals surface area contributed by atoms with Crippen molar-refractivity contribution in [3.63, 3.8) is 0 Å². The number of benzene rings is 1. The van der Waals surface area contributed by atoms with Crippen molar-refractivity contribution in [2.75, 3.05) is 26.3 Å². The highest BCUT2D eigenvalue weighted by Gasteiger charge is 2.00. The first-order valence-corrected chi connectivity index (χ1v) is 12.2. The lowest BCUT2D eigenvalue weighted by Gasteiger charge is -2.04. The first-order valence-electron chi connectivity index (χ1n) is 12.2. The molecule has 4 N–H and O–H groups in total. The number of allylic oxidation sites excluding steroid dienone is 4. The van der Waals surface area contributed by atoms with E-state index in [-0.39, 0.29) is 6.41 Å². The van der Waals surface area contributed by atoms with E-state index in [1.54, 1.807) is 0 Å². The number of carbonyl (C=O) groups excluding carboxylic acids is 1. The van der Waals surface area contributed by atoms with E-state index < -0.39 is 0 Å². The number of aryl methyl sites for hydroxylation is 1. The lowest BCUT2D eigenvalue weighted by molar-refractivity contribution is -0.116. The highest BCUT2D eigenvalue weighted by atomic mass is 16.5. The molecule has 2 aromatic rings. The SMILES string of the molecule is C=C.C=C/C(C)=C\C=C(/C)CNCCCOCC.CCCCc1c[nH]c2ccccc12.O=CNO. The molecule has 35 heavy (non-hydrogen) atoms. The molecule has 0 aliphatic carbocycles. The smallest absolute Gasteiger partial charge is 0.230 e. The Morgan fingerprint density at radius 2 is 1.83 bits per heavy atom. The fourth-order valence-electron chi connectivity index (χ4n) is 2.84. The number of aromatic amines is 1. The third-order valence-corrected chi connectivity index (χ3v) is 4.73. The Morgan fingerprint density at radius 1 is 1.14 bits per heavy atom. The second kappa shape index (κ2) is 25.7. The molecule has 0 aliphatic heterocycles. The zero-order chi connectivity index (χ0) is 26.7. The molecule has 2 rings (SSSR count). The second-order valence-electron chi connectivity index (χ2n) is 7.57. The zero-order valence-corrected chi connectivity index (χ0v) is 22.2. The third kappa shape index (κ3) is 19.1. The molecule has 6 nitrogen and oxygen atoms in total. The van der Waals surface area contributed by atoms with E-state index in [0.717, 1.165) is 32.7 Å². The highest BCUT2D eigenvalue weighted by molar-refractivity contribution is 5.82. The van der Waals surface area contributed by atoms with Crippen molar-refractivity contribution in [2.24, 2.45) is 0 Å². The molecule has 0 saturated heterocycles. The van der Waals surface area contributed by atoms with Crippen LogP contribution in [0, 0.1) is 0 Å². The number of hydrogen-bond donors (Lipinski definition) is 4. The average molecular weight is 486 g/mol.